The van der Waals surface area contributed by atoms with Crippen LogP contribution in [0.25, 0.3) is 0 Å². The van der Waals surface area contributed by atoms with Gasteiger partial charge in [-0.25, -0.2) is 0 Å². The van der Waals surface area contributed by atoms with Crippen LogP contribution in [0, 0.1) is 0 Å². The third-order valence-electron chi connectivity index (χ3n) is 2.04. The van der Waals surface area contributed by atoms with E-state index in [0.717, 1.165) is 6.54 Å². The lowest BCUT2D eigenvalue weighted by atomic mass is 10.2. The highest BCUT2D eigenvalue weighted by Crippen LogP contribution is 2.04. The van der Waals surface area contributed by atoms with Crippen molar-refractivity contribution in [2.75, 3.05) is 13.2 Å². The van der Waals surface area contributed by atoms with Gasteiger partial charge < -0.3 is 9.84 Å². The molecule has 3 heteroatoms. The Morgan fingerprint density at radius 3 is 1.85 bits per heavy atom. The van der Waals surface area contributed by atoms with Gasteiger partial charge in [0.1, 0.15) is 0 Å². The minimum atomic E-state index is -0.652. The summed E-state index contributed by atoms with van der Waals surface area (Å²) in [7, 11) is 0. The molecule has 0 spiro atoms. The summed E-state index contributed by atoms with van der Waals surface area (Å²) < 4.78 is 5.09. The number of aliphatic hydroxyl groups is 1. The molecule has 0 fully saturated rings. The number of hydrogen-bond acceptors (Lipinski definition) is 3. The average molecular weight is 189 g/mol. The molecule has 0 aliphatic carbocycles. The van der Waals surface area contributed by atoms with Crippen LogP contribution in [0.15, 0.2) is 0 Å². The second-order valence-electron chi connectivity index (χ2n) is 3.90. The molecule has 1 atom stereocenters. The van der Waals surface area contributed by atoms with E-state index in [2.05, 4.69) is 32.6 Å². The lowest BCUT2D eigenvalue weighted by Gasteiger charge is -2.30. The van der Waals surface area contributed by atoms with Gasteiger partial charge in [0.05, 0.1) is 6.61 Å². The summed E-state index contributed by atoms with van der Waals surface area (Å²) in [6, 6.07) is 1.05. The maximum absolute atomic E-state index is 8.90. The number of rotatable bonds is 6. The Morgan fingerprint density at radius 2 is 1.54 bits per heavy atom. The summed E-state index contributed by atoms with van der Waals surface area (Å²) in [5.74, 6) is 0. The second-order valence-corrected chi connectivity index (χ2v) is 3.90. The Morgan fingerprint density at radius 1 is 1.08 bits per heavy atom. The van der Waals surface area contributed by atoms with E-state index < -0.39 is 6.29 Å². The van der Waals surface area contributed by atoms with Gasteiger partial charge in [0.15, 0.2) is 6.29 Å². The zero-order valence-electron chi connectivity index (χ0n) is 9.45. The fourth-order valence-corrected chi connectivity index (χ4v) is 1.44. The minimum absolute atomic E-state index is 0.526. The van der Waals surface area contributed by atoms with Crippen molar-refractivity contribution in [3.8, 4) is 0 Å². The van der Waals surface area contributed by atoms with Gasteiger partial charge in [-0.2, -0.15) is 0 Å². The summed E-state index contributed by atoms with van der Waals surface area (Å²) in [5.41, 5.74) is 0. The Bertz CT molecular complexity index is 116. The van der Waals surface area contributed by atoms with Crippen molar-refractivity contribution in [2.45, 2.75) is 53.0 Å². The van der Waals surface area contributed by atoms with Gasteiger partial charge in [0, 0.05) is 18.6 Å². The van der Waals surface area contributed by atoms with Gasteiger partial charge in [-0.1, -0.05) is 0 Å². The van der Waals surface area contributed by atoms with Crippen LogP contribution in [0.5, 0.6) is 0 Å². The van der Waals surface area contributed by atoms with E-state index in [4.69, 9.17) is 9.84 Å². The van der Waals surface area contributed by atoms with Crippen LogP contribution in [0.3, 0.4) is 0 Å². The lowest BCUT2D eigenvalue weighted by molar-refractivity contribution is -0.0921. The van der Waals surface area contributed by atoms with Crippen LogP contribution in [-0.4, -0.2) is 41.5 Å². The highest BCUT2D eigenvalue weighted by atomic mass is 16.6. The standard InChI is InChI=1S/C10H23NO2/c1-8(2)11(9(3)4)6-7-13-10(5)12/h8-10,12H,6-7H2,1-5H3. The summed E-state index contributed by atoms with van der Waals surface area (Å²) in [6.07, 6.45) is -0.652. The predicted molar refractivity (Wildman–Crippen MR) is 54.6 cm³/mol. The zero-order chi connectivity index (χ0) is 10.4. The quantitative estimate of drug-likeness (QED) is 0.642. The summed E-state index contributed by atoms with van der Waals surface area (Å²) in [4.78, 5) is 2.34. The van der Waals surface area contributed by atoms with Crippen LogP contribution in [0.4, 0.5) is 0 Å². The number of hydrogen-bond donors (Lipinski definition) is 1. The van der Waals surface area contributed by atoms with Crippen molar-refractivity contribution >= 4 is 0 Å². The second kappa shape index (κ2) is 6.35. The van der Waals surface area contributed by atoms with Gasteiger partial charge in [0.25, 0.3) is 0 Å². The Labute approximate surface area is 81.7 Å². The molecule has 0 aliphatic rings. The molecule has 0 aliphatic heterocycles. The van der Waals surface area contributed by atoms with Crippen LogP contribution in [0.2, 0.25) is 0 Å². The number of ether oxygens (including phenoxy) is 1. The predicted octanol–water partition coefficient (Wildman–Crippen LogP) is 1.46. The summed E-state index contributed by atoms with van der Waals surface area (Å²) in [5, 5.41) is 8.90. The highest BCUT2D eigenvalue weighted by Gasteiger charge is 2.12. The van der Waals surface area contributed by atoms with Crippen LogP contribution < -0.4 is 0 Å². The van der Waals surface area contributed by atoms with Crippen molar-refractivity contribution in [3.05, 3.63) is 0 Å². The molecule has 1 unspecified atom stereocenters. The fraction of sp³-hybridized carbons (Fsp3) is 1.00. The molecule has 3 nitrogen and oxygen atoms in total. The van der Waals surface area contributed by atoms with E-state index in [1.54, 1.807) is 6.92 Å². The molecule has 1 N–H and O–H groups in total. The molecule has 13 heavy (non-hydrogen) atoms. The fourth-order valence-electron chi connectivity index (χ4n) is 1.44. The smallest absolute Gasteiger partial charge is 0.151 e. The van der Waals surface area contributed by atoms with Gasteiger partial charge >= 0.3 is 0 Å². The Balaban J connectivity index is 3.70. The summed E-state index contributed by atoms with van der Waals surface area (Å²) in [6.45, 7) is 11.8. The molecule has 0 rings (SSSR count). The van der Waals surface area contributed by atoms with E-state index in [0.29, 0.717) is 18.7 Å². The van der Waals surface area contributed by atoms with Gasteiger partial charge in [-0.15, -0.1) is 0 Å². The van der Waals surface area contributed by atoms with E-state index in [-0.39, 0.29) is 0 Å². The molecule has 0 saturated heterocycles. The topological polar surface area (TPSA) is 32.7 Å². The molecular formula is C10H23NO2. The van der Waals surface area contributed by atoms with Gasteiger partial charge in [0.2, 0.25) is 0 Å². The van der Waals surface area contributed by atoms with Crippen LogP contribution in [0.1, 0.15) is 34.6 Å². The SMILES string of the molecule is CC(O)OCCN(C(C)C)C(C)C. The molecule has 0 aromatic rings. The largest absolute Gasteiger partial charge is 0.368 e. The molecule has 0 radical (unpaired) electrons. The third kappa shape index (κ3) is 6.02. The first-order valence-corrected chi connectivity index (χ1v) is 5.00. The van der Waals surface area contributed by atoms with Crippen molar-refractivity contribution in [1.29, 1.82) is 0 Å². The molecule has 0 saturated carbocycles. The monoisotopic (exact) mass is 189 g/mol. The van der Waals surface area contributed by atoms with E-state index >= 15 is 0 Å². The first kappa shape index (κ1) is 12.9. The van der Waals surface area contributed by atoms with Crippen LogP contribution in [-0.2, 0) is 4.74 Å². The van der Waals surface area contributed by atoms with E-state index in [1.807, 2.05) is 0 Å². The Hall–Kier alpha value is -0.120. The zero-order valence-corrected chi connectivity index (χ0v) is 9.45. The van der Waals surface area contributed by atoms with Crippen molar-refractivity contribution in [2.24, 2.45) is 0 Å². The van der Waals surface area contributed by atoms with Crippen molar-refractivity contribution < 1.29 is 9.84 Å². The molecule has 80 valence electrons. The normalized spacial score (nSPS) is 14.5. The maximum atomic E-state index is 8.90. The third-order valence-corrected chi connectivity index (χ3v) is 2.04. The molecule has 0 bridgehead atoms. The number of nitrogens with zero attached hydrogens (tertiary/aromatic N) is 1. The van der Waals surface area contributed by atoms with Crippen molar-refractivity contribution in [1.82, 2.24) is 4.90 Å². The average Bonchev–Trinajstić information content (AvgIpc) is 1.95. The molecule has 0 amide bonds. The van der Waals surface area contributed by atoms with Gasteiger partial charge in [-0.05, 0) is 34.6 Å². The molecule has 0 heterocycles. The first-order chi connectivity index (χ1) is 5.95. The van der Waals surface area contributed by atoms with Crippen LogP contribution >= 0.6 is 0 Å². The van der Waals surface area contributed by atoms with Gasteiger partial charge in [-0.3, -0.25) is 4.90 Å². The molecule has 0 aromatic carbocycles. The first-order valence-electron chi connectivity index (χ1n) is 5.00. The van der Waals surface area contributed by atoms with E-state index in [9.17, 15) is 0 Å². The highest BCUT2D eigenvalue weighted by molar-refractivity contribution is 4.66. The van der Waals surface area contributed by atoms with Crippen molar-refractivity contribution in [3.63, 3.8) is 0 Å². The lowest BCUT2D eigenvalue weighted by Crippen LogP contribution is -2.39. The summed E-state index contributed by atoms with van der Waals surface area (Å²) >= 11 is 0. The molecular weight excluding hydrogens is 166 g/mol. The number of aliphatic hydroxyl groups excluding tert-OH is 1. The molecule has 0 aromatic heterocycles. The van der Waals surface area contributed by atoms with E-state index in [1.165, 1.54) is 0 Å². The maximum Gasteiger partial charge on any atom is 0.151 e. The minimum Gasteiger partial charge on any atom is -0.368 e. The Kier molecular flexibility index (Phi) is 6.29.